The summed E-state index contributed by atoms with van der Waals surface area (Å²) in [6.07, 6.45) is 0.832. The van der Waals surface area contributed by atoms with E-state index in [0.29, 0.717) is 23.7 Å². The summed E-state index contributed by atoms with van der Waals surface area (Å²) in [5, 5.41) is 21.4. The first-order valence-electron chi connectivity index (χ1n) is 7.55. The Morgan fingerprint density at radius 1 is 1.35 bits per heavy atom. The van der Waals surface area contributed by atoms with E-state index in [0.717, 1.165) is 5.82 Å². The normalized spacial score (nSPS) is 12.4. The molecule has 0 saturated carbocycles. The molecule has 0 aliphatic heterocycles. The fourth-order valence-corrected chi connectivity index (χ4v) is 2.38. The summed E-state index contributed by atoms with van der Waals surface area (Å²) >= 11 is 5.80. The summed E-state index contributed by atoms with van der Waals surface area (Å²) in [5.74, 6) is 0.965. The molecule has 1 amide bonds. The highest BCUT2D eigenvalue weighted by Gasteiger charge is 2.13. The van der Waals surface area contributed by atoms with Gasteiger partial charge in [0, 0.05) is 24.0 Å². The van der Waals surface area contributed by atoms with Crippen molar-refractivity contribution in [2.45, 2.75) is 38.8 Å². The summed E-state index contributed by atoms with van der Waals surface area (Å²) in [6, 6.07) is 6.81. The van der Waals surface area contributed by atoms with E-state index in [1.165, 1.54) is 0 Å². The molecule has 0 aliphatic rings. The van der Waals surface area contributed by atoms with Crippen molar-refractivity contribution >= 4 is 17.5 Å². The second-order valence-electron chi connectivity index (χ2n) is 5.66. The molecule has 2 aromatic rings. The Kier molecular flexibility index (Phi) is 6.12. The van der Waals surface area contributed by atoms with Gasteiger partial charge in [0.25, 0.3) is 0 Å². The predicted molar refractivity (Wildman–Crippen MR) is 88.1 cm³/mol. The van der Waals surface area contributed by atoms with Crippen LogP contribution in [0, 0.1) is 0 Å². The minimum atomic E-state index is -0.839. The van der Waals surface area contributed by atoms with E-state index in [1.54, 1.807) is 30.6 Å². The highest BCUT2D eigenvalue weighted by molar-refractivity contribution is 6.30. The van der Waals surface area contributed by atoms with Gasteiger partial charge >= 0.3 is 0 Å². The molecule has 1 unspecified atom stereocenters. The van der Waals surface area contributed by atoms with Crippen LogP contribution in [0.1, 0.15) is 43.7 Å². The Morgan fingerprint density at radius 2 is 2.04 bits per heavy atom. The highest BCUT2D eigenvalue weighted by Crippen LogP contribution is 2.18. The van der Waals surface area contributed by atoms with Crippen LogP contribution < -0.4 is 5.32 Å². The lowest BCUT2D eigenvalue weighted by atomic mass is 10.1. The Labute approximate surface area is 140 Å². The molecular formula is C16H21ClN4O2. The Bertz CT molecular complexity index is 640. The van der Waals surface area contributed by atoms with E-state index in [9.17, 15) is 9.90 Å². The molecule has 6 nitrogen and oxygen atoms in total. The molecular weight excluding hydrogens is 316 g/mol. The number of benzene rings is 1. The van der Waals surface area contributed by atoms with Crippen LogP contribution in [-0.4, -0.2) is 32.3 Å². The summed E-state index contributed by atoms with van der Waals surface area (Å²) in [7, 11) is 0. The fraction of sp³-hybridized carbons (Fsp3) is 0.438. The van der Waals surface area contributed by atoms with Gasteiger partial charge in [0.2, 0.25) is 5.91 Å². The van der Waals surface area contributed by atoms with Gasteiger partial charge in [-0.2, -0.15) is 0 Å². The largest absolute Gasteiger partial charge is 0.388 e. The summed E-state index contributed by atoms with van der Waals surface area (Å²) in [5.41, 5.74) is 0.672. The molecule has 0 spiro atoms. The number of hydrogen-bond acceptors (Lipinski definition) is 4. The molecule has 1 aromatic carbocycles. The van der Waals surface area contributed by atoms with Crippen LogP contribution in [0.4, 0.5) is 0 Å². The molecule has 2 rings (SSSR count). The maximum absolute atomic E-state index is 11.9. The van der Waals surface area contributed by atoms with E-state index in [-0.39, 0.29) is 18.2 Å². The minimum Gasteiger partial charge on any atom is -0.388 e. The van der Waals surface area contributed by atoms with Crippen molar-refractivity contribution in [2.75, 3.05) is 6.54 Å². The Hall–Kier alpha value is -1.92. The van der Waals surface area contributed by atoms with Crippen LogP contribution in [0.15, 0.2) is 30.6 Å². The number of carbonyl (C=O) groups is 1. The molecule has 23 heavy (non-hydrogen) atoms. The molecule has 0 aliphatic carbocycles. The van der Waals surface area contributed by atoms with Crippen molar-refractivity contribution in [1.29, 1.82) is 0 Å². The lowest BCUT2D eigenvalue weighted by Gasteiger charge is -2.12. The van der Waals surface area contributed by atoms with Crippen LogP contribution >= 0.6 is 11.6 Å². The third kappa shape index (κ3) is 5.04. The summed E-state index contributed by atoms with van der Waals surface area (Å²) < 4.78 is 1.92. The maximum Gasteiger partial charge on any atom is 0.223 e. The van der Waals surface area contributed by atoms with Gasteiger partial charge in [0.1, 0.15) is 12.2 Å². The zero-order valence-electron chi connectivity index (χ0n) is 13.2. The first kappa shape index (κ1) is 17.4. The number of hydrogen-bond donors (Lipinski definition) is 2. The first-order valence-corrected chi connectivity index (χ1v) is 7.93. The molecule has 124 valence electrons. The Balaban J connectivity index is 1.78. The van der Waals surface area contributed by atoms with E-state index >= 15 is 0 Å². The van der Waals surface area contributed by atoms with Crippen molar-refractivity contribution < 1.29 is 9.90 Å². The van der Waals surface area contributed by atoms with Gasteiger partial charge in [-0.05, 0) is 17.7 Å². The number of nitrogens with one attached hydrogen (secondary N) is 1. The number of nitrogens with zero attached hydrogens (tertiary/aromatic N) is 3. The van der Waals surface area contributed by atoms with E-state index in [1.807, 2.05) is 18.4 Å². The number of aliphatic hydroxyl groups is 1. The third-order valence-corrected chi connectivity index (χ3v) is 3.72. The van der Waals surface area contributed by atoms with Gasteiger partial charge in [-0.15, -0.1) is 10.2 Å². The van der Waals surface area contributed by atoms with Gasteiger partial charge in [0.15, 0.2) is 0 Å². The topological polar surface area (TPSA) is 80.0 Å². The zero-order chi connectivity index (χ0) is 16.8. The molecule has 0 bridgehead atoms. The average molecular weight is 337 g/mol. The van der Waals surface area contributed by atoms with Crippen LogP contribution in [-0.2, 0) is 11.3 Å². The summed E-state index contributed by atoms with van der Waals surface area (Å²) in [4.78, 5) is 11.9. The highest BCUT2D eigenvalue weighted by atomic mass is 35.5. The summed E-state index contributed by atoms with van der Waals surface area (Å²) in [6.45, 7) is 5.15. The number of amides is 1. The van der Waals surface area contributed by atoms with Gasteiger partial charge in [-0.25, -0.2) is 0 Å². The van der Waals surface area contributed by atoms with Crippen molar-refractivity contribution in [3.8, 4) is 0 Å². The van der Waals surface area contributed by atoms with E-state index in [2.05, 4.69) is 15.5 Å². The van der Waals surface area contributed by atoms with Crippen molar-refractivity contribution in [3.63, 3.8) is 0 Å². The number of aliphatic hydroxyl groups excluding tert-OH is 1. The number of aromatic nitrogens is 3. The van der Waals surface area contributed by atoms with E-state index < -0.39 is 6.10 Å². The minimum absolute atomic E-state index is 0.0147. The molecule has 1 atom stereocenters. The number of carbonyl (C=O) groups excluding carboxylic acids is 1. The monoisotopic (exact) mass is 336 g/mol. The molecule has 7 heteroatoms. The molecule has 1 heterocycles. The predicted octanol–water partition coefficient (Wildman–Crippen LogP) is 2.29. The molecule has 2 N–H and O–H groups in total. The second-order valence-corrected chi connectivity index (χ2v) is 6.10. The smallest absolute Gasteiger partial charge is 0.223 e. The molecule has 0 saturated heterocycles. The lowest BCUT2D eigenvalue weighted by molar-refractivity contribution is -0.123. The standard InChI is InChI=1S/C16H21ClN4O2/c1-11(2)16-20-19-10-21(16)8-7-18-15(23)9-14(22)12-3-5-13(17)6-4-12/h3-6,10-11,14,22H,7-9H2,1-2H3,(H,18,23). The maximum atomic E-state index is 11.9. The second kappa shape index (κ2) is 8.08. The molecule has 1 aromatic heterocycles. The van der Waals surface area contributed by atoms with Crippen LogP contribution in [0.25, 0.3) is 0 Å². The Morgan fingerprint density at radius 3 is 2.70 bits per heavy atom. The average Bonchev–Trinajstić information content (AvgIpc) is 2.96. The molecule has 0 radical (unpaired) electrons. The van der Waals surface area contributed by atoms with Gasteiger partial charge in [0.05, 0.1) is 12.5 Å². The lowest BCUT2D eigenvalue weighted by Crippen LogP contribution is -2.28. The first-order chi connectivity index (χ1) is 11.0. The van der Waals surface area contributed by atoms with Crippen molar-refractivity contribution in [1.82, 2.24) is 20.1 Å². The van der Waals surface area contributed by atoms with Gasteiger partial charge < -0.3 is 15.0 Å². The van der Waals surface area contributed by atoms with Crippen molar-refractivity contribution in [2.24, 2.45) is 0 Å². The van der Waals surface area contributed by atoms with Crippen LogP contribution in [0.3, 0.4) is 0 Å². The van der Waals surface area contributed by atoms with Crippen LogP contribution in [0.5, 0.6) is 0 Å². The fourth-order valence-electron chi connectivity index (χ4n) is 2.25. The van der Waals surface area contributed by atoms with Gasteiger partial charge in [-0.3, -0.25) is 4.79 Å². The number of halogens is 1. The SMILES string of the molecule is CC(C)c1nncn1CCNC(=O)CC(O)c1ccc(Cl)cc1. The zero-order valence-corrected chi connectivity index (χ0v) is 14.0. The number of rotatable bonds is 7. The van der Waals surface area contributed by atoms with Crippen LogP contribution in [0.2, 0.25) is 5.02 Å². The third-order valence-electron chi connectivity index (χ3n) is 3.47. The quantitative estimate of drug-likeness (QED) is 0.813. The molecule has 0 fully saturated rings. The van der Waals surface area contributed by atoms with E-state index in [4.69, 9.17) is 11.6 Å². The van der Waals surface area contributed by atoms with Crippen molar-refractivity contribution in [3.05, 3.63) is 47.0 Å². The van der Waals surface area contributed by atoms with Gasteiger partial charge in [-0.1, -0.05) is 37.6 Å².